The van der Waals surface area contributed by atoms with Crippen molar-refractivity contribution in [3.63, 3.8) is 0 Å². The zero-order valence-corrected chi connectivity index (χ0v) is 8.56. The molecule has 1 saturated heterocycles. The molecule has 1 fully saturated rings. The summed E-state index contributed by atoms with van der Waals surface area (Å²) < 4.78 is 0. The average molecular weight is 199 g/mol. The molecule has 0 spiro atoms. The molecule has 0 bridgehead atoms. The lowest BCUT2D eigenvalue weighted by atomic mass is 10.1. The Bertz CT molecular complexity index is 398. The number of nitrogens with zero attached hydrogens (tertiary/aromatic N) is 3. The van der Waals surface area contributed by atoms with Crippen LogP contribution in [0.15, 0.2) is 24.7 Å². The second-order valence-electron chi connectivity index (χ2n) is 3.63. The summed E-state index contributed by atoms with van der Waals surface area (Å²) in [5.41, 5.74) is 1.58. The quantitative estimate of drug-likeness (QED) is 0.731. The third-order valence-electron chi connectivity index (χ3n) is 2.58. The Balaban J connectivity index is 2.13. The Kier molecular flexibility index (Phi) is 2.99. The van der Waals surface area contributed by atoms with Gasteiger partial charge in [0.2, 0.25) is 0 Å². The van der Waals surface area contributed by atoms with Crippen LogP contribution in [0.3, 0.4) is 0 Å². The monoisotopic (exact) mass is 199 g/mol. The Morgan fingerprint density at radius 1 is 1.40 bits per heavy atom. The molecule has 0 atom stereocenters. The Labute approximate surface area is 89.7 Å². The van der Waals surface area contributed by atoms with E-state index in [0.717, 1.165) is 18.7 Å². The Morgan fingerprint density at radius 3 is 2.93 bits per heavy atom. The van der Waals surface area contributed by atoms with Crippen molar-refractivity contribution in [2.45, 2.75) is 12.8 Å². The van der Waals surface area contributed by atoms with Gasteiger partial charge >= 0.3 is 0 Å². The van der Waals surface area contributed by atoms with Crippen molar-refractivity contribution in [2.24, 2.45) is 0 Å². The molecule has 2 heterocycles. The van der Waals surface area contributed by atoms with E-state index < -0.39 is 0 Å². The molecule has 0 amide bonds. The largest absolute Gasteiger partial charge is 0.377 e. The topological polar surface area (TPSA) is 39.9 Å². The second kappa shape index (κ2) is 4.61. The zero-order chi connectivity index (χ0) is 10.5. The molecule has 15 heavy (non-hydrogen) atoms. The van der Waals surface area contributed by atoms with Crippen LogP contribution in [0.4, 0.5) is 0 Å². The van der Waals surface area contributed by atoms with Crippen LogP contribution < -0.4 is 0 Å². The molecule has 3 heteroatoms. The van der Waals surface area contributed by atoms with E-state index in [2.05, 4.69) is 22.2 Å². The first kappa shape index (κ1) is 9.72. The number of likely N-dealkylation sites (tertiary alicyclic amines) is 1. The number of hydrogen-bond donors (Lipinski definition) is 0. The van der Waals surface area contributed by atoms with E-state index in [-0.39, 0.29) is 0 Å². The van der Waals surface area contributed by atoms with E-state index in [1.807, 2.05) is 12.1 Å². The van der Waals surface area contributed by atoms with Crippen LogP contribution in [-0.4, -0.2) is 23.0 Å². The average Bonchev–Trinajstić information content (AvgIpc) is 2.79. The standard InChI is InChI=1S/C12H13N3/c13-9-12-10-14-5-3-11(12)4-8-15-6-1-2-7-15/h3-5,8,10H,1-2,6-7H2/b8-4+. The lowest BCUT2D eigenvalue weighted by Gasteiger charge is -2.10. The summed E-state index contributed by atoms with van der Waals surface area (Å²) in [7, 11) is 0. The molecule has 0 unspecified atom stereocenters. The maximum absolute atomic E-state index is 8.87. The zero-order valence-electron chi connectivity index (χ0n) is 8.56. The Morgan fingerprint density at radius 2 is 2.20 bits per heavy atom. The number of rotatable bonds is 2. The van der Waals surface area contributed by atoms with Crippen molar-refractivity contribution in [3.05, 3.63) is 35.8 Å². The van der Waals surface area contributed by atoms with Gasteiger partial charge in [0, 0.05) is 25.5 Å². The molecule has 1 aromatic heterocycles. The molecule has 1 aliphatic rings. The van der Waals surface area contributed by atoms with Gasteiger partial charge in [-0.2, -0.15) is 5.26 Å². The summed E-state index contributed by atoms with van der Waals surface area (Å²) in [6, 6.07) is 4.00. The van der Waals surface area contributed by atoms with E-state index in [4.69, 9.17) is 5.26 Å². The van der Waals surface area contributed by atoms with Gasteiger partial charge in [0.05, 0.1) is 5.56 Å². The maximum Gasteiger partial charge on any atom is 0.101 e. The van der Waals surface area contributed by atoms with Gasteiger partial charge in [0.1, 0.15) is 6.07 Å². The first-order chi connectivity index (χ1) is 7.40. The normalized spacial score (nSPS) is 15.8. The van der Waals surface area contributed by atoms with Crippen molar-refractivity contribution >= 4 is 6.08 Å². The van der Waals surface area contributed by atoms with Gasteiger partial charge in [-0.15, -0.1) is 0 Å². The van der Waals surface area contributed by atoms with Crippen molar-refractivity contribution in [3.8, 4) is 6.07 Å². The van der Waals surface area contributed by atoms with Crippen LogP contribution in [0.25, 0.3) is 6.08 Å². The molecule has 0 aliphatic carbocycles. The van der Waals surface area contributed by atoms with Crippen LogP contribution >= 0.6 is 0 Å². The number of aromatic nitrogens is 1. The lowest BCUT2D eigenvalue weighted by molar-refractivity contribution is 0.471. The van der Waals surface area contributed by atoms with E-state index in [1.54, 1.807) is 12.4 Å². The molecule has 0 aromatic carbocycles. The second-order valence-corrected chi connectivity index (χ2v) is 3.63. The fourth-order valence-corrected chi connectivity index (χ4v) is 1.72. The van der Waals surface area contributed by atoms with E-state index in [0.29, 0.717) is 5.56 Å². The molecule has 3 nitrogen and oxygen atoms in total. The fourth-order valence-electron chi connectivity index (χ4n) is 1.72. The summed E-state index contributed by atoms with van der Waals surface area (Å²) >= 11 is 0. The van der Waals surface area contributed by atoms with Gasteiger partial charge in [-0.3, -0.25) is 4.98 Å². The lowest BCUT2D eigenvalue weighted by Crippen LogP contribution is -2.10. The van der Waals surface area contributed by atoms with Crippen LogP contribution in [0, 0.1) is 11.3 Å². The molecule has 1 aliphatic heterocycles. The molecule has 2 rings (SSSR count). The maximum atomic E-state index is 8.87. The summed E-state index contributed by atoms with van der Waals surface area (Å²) in [6.45, 7) is 2.26. The van der Waals surface area contributed by atoms with Crippen molar-refractivity contribution in [2.75, 3.05) is 13.1 Å². The highest BCUT2D eigenvalue weighted by Gasteiger charge is 2.06. The molecule has 1 aromatic rings. The third kappa shape index (κ3) is 2.35. The van der Waals surface area contributed by atoms with E-state index in [1.165, 1.54) is 12.8 Å². The van der Waals surface area contributed by atoms with Crippen LogP contribution in [0.5, 0.6) is 0 Å². The van der Waals surface area contributed by atoms with Crippen LogP contribution in [0.1, 0.15) is 24.0 Å². The molecule has 0 radical (unpaired) electrons. The third-order valence-corrected chi connectivity index (χ3v) is 2.58. The predicted octanol–water partition coefficient (Wildman–Crippen LogP) is 2.02. The van der Waals surface area contributed by atoms with Gasteiger partial charge in [0.25, 0.3) is 0 Å². The SMILES string of the molecule is N#Cc1cnccc1/C=C/N1CCCC1. The smallest absolute Gasteiger partial charge is 0.101 e. The predicted molar refractivity (Wildman–Crippen MR) is 58.8 cm³/mol. The summed E-state index contributed by atoms with van der Waals surface area (Å²) in [4.78, 5) is 6.21. The number of nitriles is 1. The van der Waals surface area contributed by atoms with Crippen LogP contribution in [0.2, 0.25) is 0 Å². The van der Waals surface area contributed by atoms with Gasteiger partial charge < -0.3 is 4.90 Å². The molecule has 76 valence electrons. The highest BCUT2D eigenvalue weighted by molar-refractivity contribution is 5.56. The number of hydrogen-bond acceptors (Lipinski definition) is 3. The molecule has 0 saturated carbocycles. The summed E-state index contributed by atoms with van der Waals surface area (Å²) in [5.74, 6) is 0. The van der Waals surface area contributed by atoms with Crippen molar-refractivity contribution in [1.82, 2.24) is 9.88 Å². The van der Waals surface area contributed by atoms with E-state index in [9.17, 15) is 0 Å². The van der Waals surface area contributed by atoms with Crippen LogP contribution in [-0.2, 0) is 0 Å². The highest BCUT2D eigenvalue weighted by atomic mass is 15.1. The summed E-state index contributed by atoms with van der Waals surface area (Å²) in [6.07, 6.45) is 9.92. The summed E-state index contributed by atoms with van der Waals surface area (Å²) in [5, 5.41) is 8.87. The highest BCUT2D eigenvalue weighted by Crippen LogP contribution is 2.12. The van der Waals surface area contributed by atoms with Crippen molar-refractivity contribution in [1.29, 1.82) is 5.26 Å². The fraction of sp³-hybridized carbons (Fsp3) is 0.333. The molecular weight excluding hydrogens is 186 g/mol. The Hall–Kier alpha value is -1.82. The molecular formula is C12H13N3. The van der Waals surface area contributed by atoms with Gasteiger partial charge in [0.15, 0.2) is 0 Å². The van der Waals surface area contributed by atoms with Gasteiger partial charge in [-0.05, 0) is 36.7 Å². The molecule has 0 N–H and O–H groups in total. The number of pyridine rings is 1. The minimum atomic E-state index is 0.632. The van der Waals surface area contributed by atoms with Gasteiger partial charge in [-0.1, -0.05) is 0 Å². The first-order valence-corrected chi connectivity index (χ1v) is 5.16. The minimum absolute atomic E-state index is 0.632. The van der Waals surface area contributed by atoms with E-state index >= 15 is 0 Å². The minimum Gasteiger partial charge on any atom is -0.377 e. The van der Waals surface area contributed by atoms with Crippen molar-refractivity contribution < 1.29 is 0 Å². The first-order valence-electron chi connectivity index (χ1n) is 5.16. The van der Waals surface area contributed by atoms with Gasteiger partial charge in [-0.25, -0.2) is 0 Å².